The highest BCUT2D eigenvalue weighted by Gasteiger charge is 2.22. The summed E-state index contributed by atoms with van der Waals surface area (Å²) in [5.41, 5.74) is 11.2. The molecule has 6 nitrogen and oxygen atoms in total. The maximum atomic E-state index is 10.7. The Balaban J connectivity index is 1.06. The number of fused-ring (bicyclic) bond motifs is 14. The Labute approximate surface area is 318 Å². The number of hydrogen-bond donors (Lipinski definition) is 0. The third-order valence-electron chi connectivity index (χ3n) is 11.4. The molecule has 0 fully saturated rings. The Kier molecular flexibility index (Phi) is 6.10. The standard InChI is InChI=1S/C50H26N4O2/c1-52-42-27-31(54-44-15-7-3-11-35(44)39-23-25-41-37-13-5-9-17-46(37)56-50(41)48(39)54)19-21-33(42)32-20-18-30(26-29(32)28-51)53-43-14-6-2-10-34(43)38-22-24-40-36-12-4-8-16-45(36)55-49(40)47(38)53/h2-27H. The molecule has 0 amide bonds. The highest BCUT2D eigenvalue weighted by molar-refractivity contribution is 6.23. The first-order valence-electron chi connectivity index (χ1n) is 18.4. The predicted octanol–water partition coefficient (Wildman–Crippen LogP) is 13.8. The molecule has 4 heterocycles. The van der Waals surface area contributed by atoms with Crippen molar-refractivity contribution < 1.29 is 8.83 Å². The molecule has 0 aliphatic carbocycles. The van der Waals surface area contributed by atoms with Crippen LogP contribution in [0.4, 0.5) is 5.69 Å². The Morgan fingerprint density at radius 1 is 0.464 bits per heavy atom. The molecular formula is C50H26N4O2. The molecule has 0 bridgehead atoms. The minimum absolute atomic E-state index is 0.454. The zero-order valence-electron chi connectivity index (χ0n) is 29.6. The molecule has 0 aliphatic rings. The molecule has 0 spiro atoms. The third-order valence-corrected chi connectivity index (χ3v) is 11.4. The van der Waals surface area contributed by atoms with Crippen molar-refractivity contribution in [3.05, 3.63) is 175 Å². The average Bonchev–Trinajstić information content (AvgIpc) is 4.01. The van der Waals surface area contributed by atoms with Crippen LogP contribution in [-0.4, -0.2) is 9.13 Å². The number of para-hydroxylation sites is 4. The van der Waals surface area contributed by atoms with Gasteiger partial charge in [0.15, 0.2) is 16.9 Å². The van der Waals surface area contributed by atoms with Crippen LogP contribution < -0.4 is 0 Å². The number of aromatic nitrogens is 2. The van der Waals surface area contributed by atoms with Crippen LogP contribution in [0.15, 0.2) is 167 Å². The molecule has 258 valence electrons. The van der Waals surface area contributed by atoms with Crippen LogP contribution in [0.2, 0.25) is 0 Å². The first kappa shape index (κ1) is 30.4. The minimum atomic E-state index is 0.454. The van der Waals surface area contributed by atoms with Gasteiger partial charge in [-0.05, 0) is 71.8 Å². The fourth-order valence-corrected chi connectivity index (χ4v) is 8.98. The fraction of sp³-hybridized carbons (Fsp3) is 0. The summed E-state index contributed by atoms with van der Waals surface area (Å²) < 4.78 is 17.5. The molecule has 0 atom stereocenters. The second-order valence-electron chi connectivity index (χ2n) is 14.2. The number of nitriles is 1. The quantitative estimate of drug-likeness (QED) is 0.171. The van der Waals surface area contributed by atoms with E-state index in [9.17, 15) is 5.26 Å². The third kappa shape index (κ3) is 4.02. The monoisotopic (exact) mass is 714 g/mol. The Hall–Kier alpha value is -8.06. The molecule has 56 heavy (non-hydrogen) atoms. The lowest BCUT2D eigenvalue weighted by atomic mass is 9.97. The number of benzene rings is 8. The van der Waals surface area contributed by atoms with Crippen molar-refractivity contribution >= 4 is 93.2 Å². The van der Waals surface area contributed by atoms with E-state index in [4.69, 9.17) is 15.4 Å². The van der Waals surface area contributed by atoms with Crippen LogP contribution in [-0.2, 0) is 0 Å². The van der Waals surface area contributed by atoms with Crippen LogP contribution >= 0.6 is 0 Å². The topological polar surface area (TPSA) is 64.3 Å². The van der Waals surface area contributed by atoms with E-state index in [1.807, 2.05) is 97.1 Å². The largest absolute Gasteiger partial charge is 0.454 e. The van der Waals surface area contributed by atoms with Gasteiger partial charge in [0.2, 0.25) is 0 Å². The number of rotatable bonds is 3. The fourth-order valence-electron chi connectivity index (χ4n) is 8.98. The van der Waals surface area contributed by atoms with Gasteiger partial charge in [-0.2, -0.15) is 5.26 Å². The van der Waals surface area contributed by atoms with Gasteiger partial charge < -0.3 is 18.0 Å². The summed E-state index contributed by atoms with van der Waals surface area (Å²) in [6.07, 6.45) is 0. The van der Waals surface area contributed by atoms with Gasteiger partial charge in [0.1, 0.15) is 11.2 Å². The first-order chi connectivity index (χ1) is 27.7. The van der Waals surface area contributed by atoms with E-state index < -0.39 is 0 Å². The highest BCUT2D eigenvalue weighted by atomic mass is 16.3. The van der Waals surface area contributed by atoms with Gasteiger partial charge in [-0.15, -0.1) is 0 Å². The van der Waals surface area contributed by atoms with Gasteiger partial charge in [0.25, 0.3) is 0 Å². The molecule has 6 heteroatoms. The van der Waals surface area contributed by atoms with E-state index in [1.54, 1.807) is 0 Å². The Morgan fingerprint density at radius 3 is 1.46 bits per heavy atom. The summed E-state index contributed by atoms with van der Waals surface area (Å²) in [7, 11) is 0. The van der Waals surface area contributed by atoms with Gasteiger partial charge in [-0.3, -0.25) is 0 Å². The van der Waals surface area contributed by atoms with E-state index in [0.717, 1.165) is 98.9 Å². The number of hydrogen-bond acceptors (Lipinski definition) is 3. The zero-order chi connectivity index (χ0) is 37.1. The average molecular weight is 715 g/mol. The number of nitrogens with zero attached hydrogens (tertiary/aromatic N) is 4. The molecule has 12 aromatic rings. The Morgan fingerprint density at radius 2 is 0.929 bits per heavy atom. The van der Waals surface area contributed by atoms with Crippen molar-refractivity contribution in [2.75, 3.05) is 0 Å². The lowest BCUT2D eigenvalue weighted by Gasteiger charge is -2.14. The summed E-state index contributed by atoms with van der Waals surface area (Å²) in [4.78, 5) is 4.05. The van der Waals surface area contributed by atoms with E-state index in [1.165, 1.54) is 0 Å². The minimum Gasteiger partial charge on any atom is -0.454 e. The summed E-state index contributed by atoms with van der Waals surface area (Å²) in [6, 6.07) is 55.8. The maximum absolute atomic E-state index is 10.7. The molecule has 0 saturated carbocycles. The van der Waals surface area contributed by atoms with Crippen LogP contribution in [0.3, 0.4) is 0 Å². The van der Waals surface area contributed by atoms with Crippen molar-refractivity contribution in [2.45, 2.75) is 0 Å². The molecular weight excluding hydrogens is 689 g/mol. The molecule has 4 aromatic heterocycles. The maximum Gasteiger partial charge on any atom is 0.197 e. The van der Waals surface area contributed by atoms with Crippen molar-refractivity contribution in [1.82, 2.24) is 9.13 Å². The molecule has 0 radical (unpaired) electrons. The van der Waals surface area contributed by atoms with Gasteiger partial charge in [0.05, 0.1) is 40.3 Å². The molecule has 0 unspecified atom stereocenters. The van der Waals surface area contributed by atoms with Crippen molar-refractivity contribution in [3.8, 4) is 28.6 Å². The van der Waals surface area contributed by atoms with Crippen LogP contribution in [0.25, 0.3) is 115 Å². The summed E-state index contributed by atoms with van der Waals surface area (Å²) in [6.45, 7) is 8.37. The van der Waals surface area contributed by atoms with Crippen molar-refractivity contribution in [2.24, 2.45) is 0 Å². The smallest absolute Gasteiger partial charge is 0.197 e. The van der Waals surface area contributed by atoms with E-state index >= 15 is 0 Å². The van der Waals surface area contributed by atoms with E-state index in [2.05, 4.69) is 80.7 Å². The zero-order valence-corrected chi connectivity index (χ0v) is 29.6. The SMILES string of the molecule is [C-]#[N+]c1cc(-n2c3ccccc3c3ccc4c5ccccc5oc4c32)ccc1-c1ccc(-n2c3ccccc3c3ccc4c5ccccc5oc4c32)cc1C#N. The Bertz CT molecular complexity index is 3500. The van der Waals surface area contributed by atoms with E-state index in [0.29, 0.717) is 22.4 Å². The molecule has 0 aliphatic heterocycles. The first-order valence-corrected chi connectivity index (χ1v) is 18.4. The van der Waals surface area contributed by atoms with Crippen molar-refractivity contribution in [3.63, 3.8) is 0 Å². The highest BCUT2D eigenvalue weighted by Crippen LogP contribution is 2.44. The summed E-state index contributed by atoms with van der Waals surface area (Å²) in [5.74, 6) is 0. The van der Waals surface area contributed by atoms with Crippen LogP contribution in [0.1, 0.15) is 5.56 Å². The second-order valence-corrected chi connectivity index (χ2v) is 14.2. The van der Waals surface area contributed by atoms with Crippen LogP contribution in [0.5, 0.6) is 0 Å². The lowest BCUT2D eigenvalue weighted by Crippen LogP contribution is -1.97. The second kappa shape index (κ2) is 11.2. The normalized spacial score (nSPS) is 11.9. The van der Waals surface area contributed by atoms with Gasteiger partial charge in [0, 0.05) is 54.5 Å². The lowest BCUT2D eigenvalue weighted by molar-refractivity contribution is 0.670. The van der Waals surface area contributed by atoms with Gasteiger partial charge in [-0.1, -0.05) is 97.1 Å². The number of furan rings is 2. The summed E-state index contributed by atoms with van der Waals surface area (Å²) >= 11 is 0. The molecule has 0 N–H and O–H groups in total. The summed E-state index contributed by atoms with van der Waals surface area (Å²) in [5, 5.41) is 19.3. The van der Waals surface area contributed by atoms with Crippen molar-refractivity contribution in [1.29, 1.82) is 5.26 Å². The molecule has 0 saturated heterocycles. The van der Waals surface area contributed by atoms with Crippen LogP contribution in [0, 0.1) is 17.9 Å². The predicted molar refractivity (Wildman–Crippen MR) is 226 cm³/mol. The van der Waals surface area contributed by atoms with Gasteiger partial charge >= 0.3 is 0 Å². The molecule has 12 rings (SSSR count). The van der Waals surface area contributed by atoms with E-state index in [-0.39, 0.29) is 0 Å². The molecule has 8 aromatic carbocycles. The van der Waals surface area contributed by atoms with Gasteiger partial charge in [-0.25, -0.2) is 4.85 Å².